The van der Waals surface area contributed by atoms with Crippen LogP contribution in [0.4, 0.5) is 0 Å². The number of tetrazole rings is 1. The maximum atomic E-state index is 11.9. The predicted molar refractivity (Wildman–Crippen MR) is 94.1 cm³/mol. The van der Waals surface area contributed by atoms with Crippen LogP contribution in [0, 0.1) is 5.41 Å². The van der Waals surface area contributed by atoms with Gasteiger partial charge in [-0.25, -0.2) is 0 Å². The number of nitrogens with zero attached hydrogens (tertiary/aromatic N) is 5. The van der Waals surface area contributed by atoms with Crippen molar-refractivity contribution in [2.45, 2.75) is 27.3 Å². The zero-order chi connectivity index (χ0) is 17.0. The molecule has 1 aromatic carbocycles. The molecule has 2 rings (SSSR count). The lowest BCUT2D eigenvalue weighted by Gasteiger charge is -2.16. The topological polar surface area (TPSA) is 73.1 Å². The lowest BCUT2D eigenvalue weighted by molar-refractivity contribution is -0.142. The van der Waals surface area contributed by atoms with E-state index in [1.165, 1.54) is 0 Å². The van der Waals surface area contributed by atoms with Gasteiger partial charge in [0.05, 0.1) is 12.0 Å². The maximum absolute atomic E-state index is 11.9. The van der Waals surface area contributed by atoms with Crippen LogP contribution >= 0.6 is 12.4 Å². The number of halogens is 1. The van der Waals surface area contributed by atoms with Gasteiger partial charge in [-0.2, -0.15) is 4.80 Å². The Labute approximate surface area is 148 Å². The van der Waals surface area contributed by atoms with Crippen LogP contribution in [0.25, 0.3) is 11.4 Å². The third-order valence-electron chi connectivity index (χ3n) is 3.14. The van der Waals surface area contributed by atoms with Crippen molar-refractivity contribution in [3.8, 4) is 17.1 Å². The third-order valence-corrected chi connectivity index (χ3v) is 3.14. The zero-order valence-corrected chi connectivity index (χ0v) is 15.5. The minimum atomic E-state index is -0.532. The largest absolute Gasteiger partial charge is 0.426 e. The van der Waals surface area contributed by atoms with Crippen LogP contribution in [-0.4, -0.2) is 51.7 Å². The monoisotopic (exact) mass is 353 g/mol. The second-order valence-electron chi connectivity index (χ2n) is 6.68. The molecule has 0 saturated heterocycles. The summed E-state index contributed by atoms with van der Waals surface area (Å²) < 4.78 is 5.33. The van der Waals surface area contributed by atoms with Crippen LogP contribution in [0.5, 0.6) is 5.75 Å². The standard InChI is InChI=1S/C16H23N5O2.ClH/c1-16(2,3)15(22)23-13-8-6-12(7-9-13)14-17-19-21(18-14)11-10-20(4)5;/h6-9H,10-11H2,1-5H3;1H. The van der Waals surface area contributed by atoms with Crippen LogP contribution in [-0.2, 0) is 11.3 Å². The quantitative estimate of drug-likeness (QED) is 0.606. The fourth-order valence-corrected chi connectivity index (χ4v) is 1.68. The Morgan fingerprint density at radius 3 is 2.38 bits per heavy atom. The molecule has 1 aromatic heterocycles. The van der Waals surface area contributed by atoms with Crippen molar-refractivity contribution < 1.29 is 9.53 Å². The first-order valence-electron chi connectivity index (χ1n) is 7.51. The highest BCUT2D eigenvalue weighted by atomic mass is 35.5. The van der Waals surface area contributed by atoms with E-state index in [9.17, 15) is 4.79 Å². The van der Waals surface area contributed by atoms with E-state index in [1.807, 2.05) is 47.0 Å². The summed E-state index contributed by atoms with van der Waals surface area (Å²) in [5.74, 6) is 0.795. The Kier molecular flexibility index (Phi) is 6.86. The molecule has 132 valence electrons. The Bertz CT molecular complexity index is 662. The highest BCUT2D eigenvalue weighted by molar-refractivity contribution is 5.85. The van der Waals surface area contributed by atoms with Crippen molar-refractivity contribution in [2.24, 2.45) is 5.41 Å². The average Bonchev–Trinajstić information content (AvgIpc) is 2.94. The van der Waals surface area contributed by atoms with E-state index < -0.39 is 5.41 Å². The molecule has 0 aliphatic heterocycles. The molecule has 0 spiro atoms. The normalized spacial score (nSPS) is 11.2. The first-order valence-corrected chi connectivity index (χ1v) is 7.51. The van der Waals surface area contributed by atoms with E-state index in [1.54, 1.807) is 16.9 Å². The highest BCUT2D eigenvalue weighted by Gasteiger charge is 2.23. The Morgan fingerprint density at radius 1 is 1.21 bits per heavy atom. The number of aromatic nitrogens is 4. The molecule has 0 amide bonds. The maximum Gasteiger partial charge on any atom is 0.316 e. The molecule has 0 saturated carbocycles. The molecular formula is C16H24ClN5O2. The van der Waals surface area contributed by atoms with Crippen molar-refractivity contribution in [1.29, 1.82) is 0 Å². The summed E-state index contributed by atoms with van der Waals surface area (Å²) in [6, 6.07) is 7.11. The number of rotatable bonds is 5. The summed E-state index contributed by atoms with van der Waals surface area (Å²) >= 11 is 0. The molecule has 0 fully saturated rings. The van der Waals surface area contributed by atoms with Gasteiger partial charge in [0.1, 0.15) is 5.75 Å². The first kappa shape index (κ1) is 20.1. The van der Waals surface area contributed by atoms with Gasteiger partial charge in [0.25, 0.3) is 0 Å². The molecule has 2 aromatic rings. The SMILES string of the molecule is CN(C)CCn1nnc(-c2ccc(OC(=O)C(C)(C)C)cc2)n1.Cl. The van der Waals surface area contributed by atoms with E-state index >= 15 is 0 Å². The molecule has 0 aliphatic rings. The van der Waals surface area contributed by atoms with Gasteiger partial charge in [0, 0.05) is 12.1 Å². The number of esters is 1. The van der Waals surface area contributed by atoms with Gasteiger partial charge in [0.15, 0.2) is 0 Å². The minimum Gasteiger partial charge on any atom is -0.426 e. The Balaban J connectivity index is 0.00000288. The smallest absolute Gasteiger partial charge is 0.316 e. The summed E-state index contributed by atoms with van der Waals surface area (Å²) in [5, 5.41) is 12.4. The lowest BCUT2D eigenvalue weighted by atomic mass is 9.97. The number of carbonyl (C=O) groups is 1. The van der Waals surface area contributed by atoms with Gasteiger partial charge in [-0.15, -0.1) is 22.6 Å². The number of benzene rings is 1. The summed E-state index contributed by atoms with van der Waals surface area (Å²) in [6.07, 6.45) is 0. The van der Waals surface area contributed by atoms with Crippen molar-refractivity contribution in [3.63, 3.8) is 0 Å². The van der Waals surface area contributed by atoms with Gasteiger partial charge < -0.3 is 9.64 Å². The highest BCUT2D eigenvalue weighted by Crippen LogP contribution is 2.22. The fraction of sp³-hybridized carbons (Fsp3) is 0.500. The molecule has 1 heterocycles. The van der Waals surface area contributed by atoms with E-state index in [0.717, 1.165) is 12.1 Å². The van der Waals surface area contributed by atoms with E-state index in [-0.39, 0.29) is 18.4 Å². The molecular weight excluding hydrogens is 330 g/mol. The van der Waals surface area contributed by atoms with Crippen molar-refractivity contribution in [3.05, 3.63) is 24.3 Å². The number of likely N-dealkylation sites (N-methyl/N-ethyl adjacent to an activating group) is 1. The molecule has 0 aliphatic carbocycles. The third kappa shape index (κ3) is 5.58. The number of hydrogen-bond donors (Lipinski definition) is 0. The van der Waals surface area contributed by atoms with Gasteiger partial charge in [-0.3, -0.25) is 4.79 Å². The summed E-state index contributed by atoms with van der Waals surface area (Å²) in [4.78, 5) is 15.5. The Hall–Kier alpha value is -1.99. The average molecular weight is 354 g/mol. The van der Waals surface area contributed by atoms with Crippen LogP contribution in [0.2, 0.25) is 0 Å². The minimum absolute atomic E-state index is 0. The summed E-state index contributed by atoms with van der Waals surface area (Å²) in [7, 11) is 3.99. The van der Waals surface area contributed by atoms with E-state index in [2.05, 4.69) is 20.3 Å². The van der Waals surface area contributed by atoms with Gasteiger partial charge in [-0.05, 0) is 64.3 Å². The number of ether oxygens (including phenoxy) is 1. The molecule has 0 radical (unpaired) electrons. The van der Waals surface area contributed by atoms with E-state index in [4.69, 9.17) is 4.74 Å². The molecule has 8 heteroatoms. The van der Waals surface area contributed by atoms with Gasteiger partial charge in [0.2, 0.25) is 5.82 Å². The summed E-state index contributed by atoms with van der Waals surface area (Å²) in [5.41, 5.74) is 0.298. The van der Waals surface area contributed by atoms with Crippen LogP contribution in [0.3, 0.4) is 0 Å². The van der Waals surface area contributed by atoms with Crippen molar-refractivity contribution in [2.75, 3.05) is 20.6 Å². The molecule has 0 bridgehead atoms. The second-order valence-corrected chi connectivity index (χ2v) is 6.68. The number of hydrogen-bond acceptors (Lipinski definition) is 6. The van der Waals surface area contributed by atoms with E-state index in [0.29, 0.717) is 18.1 Å². The van der Waals surface area contributed by atoms with Gasteiger partial charge in [-0.1, -0.05) is 0 Å². The molecule has 0 N–H and O–H groups in total. The first-order chi connectivity index (χ1) is 10.8. The van der Waals surface area contributed by atoms with Crippen LogP contribution in [0.15, 0.2) is 24.3 Å². The molecule has 24 heavy (non-hydrogen) atoms. The van der Waals surface area contributed by atoms with Crippen LogP contribution < -0.4 is 4.74 Å². The molecule has 7 nitrogen and oxygen atoms in total. The second kappa shape index (κ2) is 8.21. The van der Waals surface area contributed by atoms with Gasteiger partial charge >= 0.3 is 5.97 Å². The van der Waals surface area contributed by atoms with Crippen molar-refractivity contribution in [1.82, 2.24) is 25.1 Å². The fourth-order valence-electron chi connectivity index (χ4n) is 1.68. The molecule has 0 atom stereocenters. The Morgan fingerprint density at radius 2 is 1.83 bits per heavy atom. The zero-order valence-electron chi connectivity index (χ0n) is 14.7. The number of carbonyl (C=O) groups excluding carboxylic acids is 1. The predicted octanol–water partition coefficient (Wildman–Crippen LogP) is 2.27. The summed E-state index contributed by atoms with van der Waals surface area (Å²) in [6.45, 7) is 6.98. The van der Waals surface area contributed by atoms with Crippen molar-refractivity contribution >= 4 is 18.4 Å². The lowest BCUT2D eigenvalue weighted by Crippen LogP contribution is -2.25. The van der Waals surface area contributed by atoms with Crippen LogP contribution in [0.1, 0.15) is 20.8 Å². The molecule has 0 unspecified atom stereocenters.